The van der Waals surface area contributed by atoms with Gasteiger partial charge in [-0.1, -0.05) is 24.4 Å². The molecule has 0 aliphatic carbocycles. The molecule has 1 aromatic rings. The first kappa shape index (κ1) is 21.1. The van der Waals surface area contributed by atoms with Gasteiger partial charge in [-0.25, -0.2) is 10.4 Å². The van der Waals surface area contributed by atoms with Crippen LogP contribution in [-0.2, 0) is 0 Å². The van der Waals surface area contributed by atoms with Crippen LogP contribution in [0, 0.1) is 16.9 Å². The van der Waals surface area contributed by atoms with Gasteiger partial charge in [0.05, 0.1) is 5.69 Å². The van der Waals surface area contributed by atoms with Crippen molar-refractivity contribution < 1.29 is 0 Å². The van der Waals surface area contributed by atoms with Crippen LogP contribution in [0.5, 0.6) is 0 Å². The number of rotatable bonds is 10. The van der Waals surface area contributed by atoms with Gasteiger partial charge in [0.1, 0.15) is 6.34 Å². The van der Waals surface area contributed by atoms with Gasteiger partial charge in [0.25, 0.3) is 0 Å². The van der Waals surface area contributed by atoms with Crippen molar-refractivity contribution in [2.24, 2.45) is 21.5 Å². The van der Waals surface area contributed by atoms with E-state index in [9.17, 15) is 0 Å². The number of nitriles is 1. The summed E-state index contributed by atoms with van der Waals surface area (Å²) in [5.41, 5.74) is 17.0. The Balaban J connectivity index is 2.35. The van der Waals surface area contributed by atoms with E-state index in [0.29, 0.717) is 23.8 Å². The average molecular weight is 378 g/mol. The number of nitrogens with one attached hydrogen (secondary N) is 3. The highest BCUT2D eigenvalue weighted by atomic mass is 35.5. The smallest absolute Gasteiger partial charge is 0.203 e. The second-order valence-corrected chi connectivity index (χ2v) is 5.75. The van der Waals surface area contributed by atoms with Crippen LogP contribution in [0.15, 0.2) is 34.3 Å². The Kier molecular flexibility index (Phi) is 10.0. The monoisotopic (exact) mass is 377 g/mol. The molecule has 140 valence electrons. The highest BCUT2D eigenvalue weighted by Gasteiger charge is 2.10. The van der Waals surface area contributed by atoms with Gasteiger partial charge >= 0.3 is 0 Å². The Labute approximate surface area is 158 Å². The number of nitrogens with zero attached hydrogens (tertiary/aromatic N) is 4. The van der Waals surface area contributed by atoms with Crippen molar-refractivity contribution in [3.05, 3.63) is 29.3 Å². The molecule has 0 heterocycles. The molecule has 1 rings (SSSR count). The predicted molar refractivity (Wildman–Crippen MR) is 105 cm³/mol. The van der Waals surface area contributed by atoms with Crippen LogP contribution in [0.4, 0.5) is 5.69 Å². The number of nitrogens with two attached hydrogens (primary N) is 2. The van der Waals surface area contributed by atoms with Crippen molar-refractivity contribution in [2.75, 3.05) is 13.1 Å². The molecule has 26 heavy (non-hydrogen) atoms. The van der Waals surface area contributed by atoms with Crippen LogP contribution in [0.25, 0.3) is 0 Å². The standard InChI is InChI=1S/C16H24ClN9/c17-13-5-7-14(8-6-13)25-16(21)26(15(19)20)10-4-2-1-3-9-22-12-24-23-11-18/h5-8,12,23H,1-4,9-10H2,(H3,19,20)(H2,21,25)(H,22,24). The third kappa shape index (κ3) is 8.75. The topological polar surface area (TPSA) is 152 Å². The minimum atomic E-state index is -0.138. The molecule has 0 spiro atoms. The molecule has 0 unspecified atom stereocenters. The molecule has 0 fully saturated rings. The number of hydrogen-bond donors (Lipinski definition) is 5. The lowest BCUT2D eigenvalue weighted by Crippen LogP contribution is -2.45. The van der Waals surface area contributed by atoms with Gasteiger partial charge in [-0.05, 0) is 37.1 Å². The van der Waals surface area contributed by atoms with Gasteiger partial charge in [0, 0.05) is 18.1 Å². The van der Waals surface area contributed by atoms with Crippen LogP contribution in [0.1, 0.15) is 25.7 Å². The molecule has 9 nitrogen and oxygen atoms in total. The Morgan fingerprint density at radius 1 is 1.23 bits per heavy atom. The highest BCUT2D eigenvalue weighted by molar-refractivity contribution is 6.30. The van der Waals surface area contributed by atoms with Gasteiger partial charge in [-0.3, -0.25) is 20.7 Å². The Bertz CT molecular complexity index is 649. The van der Waals surface area contributed by atoms with Crippen molar-refractivity contribution in [3.8, 4) is 6.19 Å². The van der Waals surface area contributed by atoms with E-state index in [4.69, 9.17) is 33.7 Å². The molecule has 7 N–H and O–H groups in total. The lowest BCUT2D eigenvalue weighted by Gasteiger charge is -2.21. The normalized spacial score (nSPS) is 11.2. The number of halogens is 1. The zero-order chi connectivity index (χ0) is 19.2. The fourth-order valence-corrected chi connectivity index (χ4v) is 2.19. The molecule has 0 saturated heterocycles. The molecule has 0 amide bonds. The van der Waals surface area contributed by atoms with E-state index in [1.54, 1.807) is 30.5 Å². The number of hydrazine groups is 1. The van der Waals surface area contributed by atoms with Crippen LogP contribution in [-0.4, -0.2) is 36.2 Å². The van der Waals surface area contributed by atoms with Crippen LogP contribution < -0.4 is 22.3 Å². The summed E-state index contributed by atoms with van der Waals surface area (Å²) in [6.07, 6.45) is 6.88. The SMILES string of the molecule is N#CNNC=NCCCCCCN(C(=N)N)C(N)=Nc1ccc(Cl)cc1. The Morgan fingerprint density at radius 3 is 2.58 bits per heavy atom. The van der Waals surface area contributed by atoms with Crippen LogP contribution in [0.3, 0.4) is 0 Å². The number of unbranched alkanes of at least 4 members (excludes halogenated alkanes) is 3. The summed E-state index contributed by atoms with van der Waals surface area (Å²) in [7, 11) is 0. The quantitative estimate of drug-likeness (QED) is 0.104. The molecular formula is C16H24ClN9. The molecule has 0 saturated carbocycles. The average Bonchev–Trinajstić information content (AvgIpc) is 2.61. The lowest BCUT2D eigenvalue weighted by atomic mass is 10.2. The van der Waals surface area contributed by atoms with E-state index in [2.05, 4.69) is 20.8 Å². The first-order valence-corrected chi connectivity index (χ1v) is 8.51. The fraction of sp³-hybridized carbons (Fsp3) is 0.375. The minimum absolute atomic E-state index is 0.138. The summed E-state index contributed by atoms with van der Waals surface area (Å²) >= 11 is 5.84. The van der Waals surface area contributed by atoms with E-state index in [1.807, 2.05) is 0 Å². The summed E-state index contributed by atoms with van der Waals surface area (Å²) in [5, 5.41) is 16.5. The maximum Gasteiger partial charge on any atom is 0.203 e. The first-order chi connectivity index (χ1) is 12.5. The third-order valence-corrected chi connectivity index (χ3v) is 3.59. The van der Waals surface area contributed by atoms with E-state index >= 15 is 0 Å². The number of hydrogen-bond acceptors (Lipinski definition) is 5. The Hall–Kier alpha value is -2.99. The van der Waals surface area contributed by atoms with Gasteiger partial charge < -0.3 is 11.5 Å². The maximum atomic E-state index is 8.25. The van der Waals surface area contributed by atoms with Crippen molar-refractivity contribution in [1.82, 2.24) is 15.8 Å². The molecule has 1 aromatic carbocycles. The van der Waals surface area contributed by atoms with Gasteiger partial charge in [-0.2, -0.15) is 5.26 Å². The summed E-state index contributed by atoms with van der Waals surface area (Å²) in [6.45, 7) is 1.20. The molecule has 0 atom stereocenters. The minimum Gasteiger partial charge on any atom is -0.370 e. The zero-order valence-corrected chi connectivity index (χ0v) is 15.2. The van der Waals surface area contributed by atoms with Gasteiger partial charge in [-0.15, -0.1) is 0 Å². The van der Waals surface area contributed by atoms with E-state index < -0.39 is 0 Å². The summed E-state index contributed by atoms with van der Waals surface area (Å²) in [4.78, 5) is 9.84. The summed E-state index contributed by atoms with van der Waals surface area (Å²) in [6, 6.07) is 6.93. The largest absolute Gasteiger partial charge is 0.370 e. The molecule has 0 bridgehead atoms. The molecule has 0 aliphatic heterocycles. The lowest BCUT2D eigenvalue weighted by molar-refractivity contribution is 0.528. The molecule has 0 aromatic heterocycles. The molecule has 0 radical (unpaired) electrons. The molecule has 0 aliphatic rings. The van der Waals surface area contributed by atoms with Crippen molar-refractivity contribution >= 4 is 35.5 Å². The number of aliphatic imine (C=N–C) groups is 2. The number of guanidine groups is 2. The number of benzene rings is 1. The van der Waals surface area contributed by atoms with Crippen LogP contribution >= 0.6 is 11.6 Å². The Morgan fingerprint density at radius 2 is 1.92 bits per heavy atom. The molecular weight excluding hydrogens is 354 g/mol. The van der Waals surface area contributed by atoms with Crippen molar-refractivity contribution in [3.63, 3.8) is 0 Å². The third-order valence-electron chi connectivity index (χ3n) is 3.34. The van der Waals surface area contributed by atoms with Crippen molar-refractivity contribution in [1.29, 1.82) is 10.7 Å². The van der Waals surface area contributed by atoms with Crippen molar-refractivity contribution in [2.45, 2.75) is 25.7 Å². The molecule has 10 heteroatoms. The van der Waals surface area contributed by atoms with Gasteiger partial charge in [0.2, 0.25) is 5.96 Å². The zero-order valence-electron chi connectivity index (χ0n) is 14.5. The van der Waals surface area contributed by atoms with E-state index in [0.717, 1.165) is 25.7 Å². The second kappa shape index (κ2) is 12.4. The van der Waals surface area contributed by atoms with Crippen LogP contribution in [0.2, 0.25) is 5.02 Å². The second-order valence-electron chi connectivity index (χ2n) is 5.31. The van der Waals surface area contributed by atoms with Gasteiger partial charge in [0.15, 0.2) is 12.2 Å². The maximum absolute atomic E-state index is 8.25. The van der Waals surface area contributed by atoms with E-state index in [1.165, 1.54) is 11.2 Å². The summed E-state index contributed by atoms with van der Waals surface area (Å²) in [5.74, 6) is 0.0429. The highest BCUT2D eigenvalue weighted by Crippen LogP contribution is 2.16. The predicted octanol–water partition coefficient (Wildman–Crippen LogP) is 1.65. The first-order valence-electron chi connectivity index (χ1n) is 8.14. The van der Waals surface area contributed by atoms with E-state index in [-0.39, 0.29) is 11.9 Å². The fourth-order valence-electron chi connectivity index (χ4n) is 2.07. The summed E-state index contributed by atoms with van der Waals surface area (Å²) < 4.78 is 0.